The largest absolute Gasteiger partial charge is 0.464 e. The fourth-order valence-electron chi connectivity index (χ4n) is 2.68. The zero-order valence-electron chi connectivity index (χ0n) is 12.1. The van der Waals surface area contributed by atoms with Gasteiger partial charge in [-0.1, -0.05) is 13.0 Å². The highest BCUT2D eigenvalue weighted by molar-refractivity contribution is 5.58. The van der Waals surface area contributed by atoms with E-state index >= 15 is 0 Å². The molecule has 0 amide bonds. The predicted molar refractivity (Wildman–Crippen MR) is 83.3 cm³/mol. The molecule has 0 unspecified atom stereocenters. The summed E-state index contributed by atoms with van der Waals surface area (Å²) in [6.07, 6.45) is 3.57. The van der Waals surface area contributed by atoms with Gasteiger partial charge >= 0.3 is 0 Å². The molecule has 1 aliphatic heterocycles. The molecular weight excluding hydrogens is 248 g/mol. The molecule has 3 rings (SSSR count). The molecule has 1 aromatic carbocycles. The molecular formula is C17H22N2O. The molecule has 2 heterocycles. The summed E-state index contributed by atoms with van der Waals surface area (Å²) in [6, 6.07) is 12.8. The van der Waals surface area contributed by atoms with Gasteiger partial charge in [-0.05, 0) is 43.2 Å². The lowest BCUT2D eigenvalue weighted by atomic mass is 10.2. The van der Waals surface area contributed by atoms with Crippen LogP contribution in [-0.2, 0) is 13.0 Å². The standard InChI is InChI=1S/C17H22N2O/c1-2-16-8-9-17(20-16)13-18-14-6-5-7-15(12-14)19-10-3-4-11-19/h5-9,12,18H,2-4,10-11,13H2,1H3. The molecule has 106 valence electrons. The molecule has 0 spiro atoms. The maximum absolute atomic E-state index is 5.71. The Labute approximate surface area is 120 Å². The van der Waals surface area contributed by atoms with Crippen LogP contribution in [0.15, 0.2) is 40.8 Å². The number of anilines is 2. The zero-order chi connectivity index (χ0) is 13.8. The summed E-state index contributed by atoms with van der Waals surface area (Å²) in [5.41, 5.74) is 2.48. The van der Waals surface area contributed by atoms with Crippen LogP contribution in [0.5, 0.6) is 0 Å². The van der Waals surface area contributed by atoms with Crippen molar-refractivity contribution < 1.29 is 4.42 Å². The van der Waals surface area contributed by atoms with E-state index in [0.717, 1.165) is 30.2 Å². The summed E-state index contributed by atoms with van der Waals surface area (Å²) in [7, 11) is 0. The summed E-state index contributed by atoms with van der Waals surface area (Å²) in [5.74, 6) is 2.04. The van der Waals surface area contributed by atoms with Crippen molar-refractivity contribution >= 4 is 11.4 Å². The molecule has 0 bridgehead atoms. The number of nitrogens with one attached hydrogen (secondary N) is 1. The van der Waals surface area contributed by atoms with Crippen LogP contribution in [0.4, 0.5) is 11.4 Å². The Balaban J connectivity index is 1.63. The minimum Gasteiger partial charge on any atom is -0.464 e. The van der Waals surface area contributed by atoms with E-state index in [4.69, 9.17) is 4.42 Å². The second-order valence-electron chi connectivity index (χ2n) is 5.32. The van der Waals surface area contributed by atoms with Gasteiger partial charge in [0.15, 0.2) is 0 Å². The third kappa shape index (κ3) is 2.98. The predicted octanol–water partition coefficient (Wildman–Crippen LogP) is 4.05. The van der Waals surface area contributed by atoms with Crippen molar-refractivity contribution in [1.29, 1.82) is 0 Å². The summed E-state index contributed by atoms with van der Waals surface area (Å²) < 4.78 is 5.71. The zero-order valence-corrected chi connectivity index (χ0v) is 12.1. The first-order chi connectivity index (χ1) is 9.85. The van der Waals surface area contributed by atoms with Crippen LogP contribution in [0.3, 0.4) is 0 Å². The summed E-state index contributed by atoms with van der Waals surface area (Å²) >= 11 is 0. The number of hydrogen-bond acceptors (Lipinski definition) is 3. The monoisotopic (exact) mass is 270 g/mol. The van der Waals surface area contributed by atoms with E-state index in [1.165, 1.54) is 31.6 Å². The molecule has 1 N–H and O–H groups in total. The molecule has 3 nitrogen and oxygen atoms in total. The molecule has 1 fully saturated rings. The van der Waals surface area contributed by atoms with Crippen molar-refractivity contribution in [3.8, 4) is 0 Å². The topological polar surface area (TPSA) is 28.4 Å². The Bertz CT molecular complexity index is 556. The van der Waals surface area contributed by atoms with Crippen molar-refractivity contribution in [2.45, 2.75) is 32.7 Å². The number of rotatable bonds is 5. The summed E-state index contributed by atoms with van der Waals surface area (Å²) in [6.45, 7) is 5.21. The van der Waals surface area contributed by atoms with Crippen LogP contribution < -0.4 is 10.2 Å². The van der Waals surface area contributed by atoms with Gasteiger partial charge in [0, 0.05) is 30.9 Å². The number of furan rings is 1. The van der Waals surface area contributed by atoms with Gasteiger partial charge in [-0.2, -0.15) is 0 Å². The Kier molecular flexibility index (Phi) is 3.95. The normalized spacial score (nSPS) is 14.8. The van der Waals surface area contributed by atoms with E-state index in [9.17, 15) is 0 Å². The number of benzene rings is 1. The molecule has 2 aromatic rings. The maximum atomic E-state index is 5.71. The van der Waals surface area contributed by atoms with Gasteiger partial charge in [0.1, 0.15) is 11.5 Å². The third-order valence-electron chi connectivity index (χ3n) is 3.85. The minimum atomic E-state index is 0.740. The lowest BCUT2D eigenvalue weighted by Gasteiger charge is -2.18. The molecule has 1 saturated heterocycles. The van der Waals surface area contributed by atoms with Gasteiger partial charge in [0.25, 0.3) is 0 Å². The second kappa shape index (κ2) is 6.04. The Morgan fingerprint density at radius 2 is 1.90 bits per heavy atom. The van der Waals surface area contributed by atoms with Crippen molar-refractivity contribution in [2.75, 3.05) is 23.3 Å². The molecule has 0 saturated carbocycles. The van der Waals surface area contributed by atoms with Crippen molar-refractivity contribution in [2.24, 2.45) is 0 Å². The first kappa shape index (κ1) is 13.1. The fourth-order valence-corrected chi connectivity index (χ4v) is 2.68. The van der Waals surface area contributed by atoms with E-state index in [-0.39, 0.29) is 0 Å². The van der Waals surface area contributed by atoms with Crippen LogP contribution in [0.25, 0.3) is 0 Å². The highest BCUT2D eigenvalue weighted by Crippen LogP contribution is 2.23. The van der Waals surface area contributed by atoms with Crippen LogP contribution in [0.1, 0.15) is 31.3 Å². The van der Waals surface area contributed by atoms with Gasteiger partial charge in [-0.3, -0.25) is 0 Å². The Hall–Kier alpha value is -1.90. The van der Waals surface area contributed by atoms with Crippen LogP contribution in [-0.4, -0.2) is 13.1 Å². The molecule has 3 heteroatoms. The Morgan fingerprint density at radius 3 is 2.65 bits per heavy atom. The fraction of sp³-hybridized carbons (Fsp3) is 0.412. The van der Waals surface area contributed by atoms with Gasteiger partial charge in [-0.25, -0.2) is 0 Å². The smallest absolute Gasteiger partial charge is 0.123 e. The molecule has 20 heavy (non-hydrogen) atoms. The number of nitrogens with zero attached hydrogens (tertiary/aromatic N) is 1. The average molecular weight is 270 g/mol. The SMILES string of the molecule is CCc1ccc(CNc2cccc(N3CCCC3)c2)o1. The van der Waals surface area contributed by atoms with E-state index < -0.39 is 0 Å². The lowest BCUT2D eigenvalue weighted by Crippen LogP contribution is -2.17. The first-order valence-corrected chi connectivity index (χ1v) is 7.51. The van der Waals surface area contributed by atoms with Crippen LogP contribution >= 0.6 is 0 Å². The maximum Gasteiger partial charge on any atom is 0.123 e. The van der Waals surface area contributed by atoms with Crippen molar-refractivity contribution in [1.82, 2.24) is 0 Å². The summed E-state index contributed by atoms with van der Waals surface area (Å²) in [4.78, 5) is 2.45. The van der Waals surface area contributed by atoms with E-state index in [1.807, 2.05) is 0 Å². The van der Waals surface area contributed by atoms with E-state index in [0.29, 0.717) is 0 Å². The highest BCUT2D eigenvalue weighted by Gasteiger charge is 2.12. The average Bonchev–Trinajstić information content (AvgIpc) is 3.17. The molecule has 0 radical (unpaired) electrons. The van der Waals surface area contributed by atoms with E-state index in [2.05, 4.69) is 53.5 Å². The second-order valence-corrected chi connectivity index (χ2v) is 5.32. The van der Waals surface area contributed by atoms with Gasteiger partial charge in [0.05, 0.1) is 6.54 Å². The lowest BCUT2D eigenvalue weighted by molar-refractivity contribution is 0.476. The molecule has 0 aliphatic carbocycles. The quantitative estimate of drug-likeness (QED) is 0.888. The molecule has 1 aromatic heterocycles. The Morgan fingerprint density at radius 1 is 1.10 bits per heavy atom. The van der Waals surface area contributed by atoms with Gasteiger partial charge in [0.2, 0.25) is 0 Å². The van der Waals surface area contributed by atoms with Crippen molar-refractivity contribution in [3.63, 3.8) is 0 Å². The minimum absolute atomic E-state index is 0.740. The third-order valence-corrected chi connectivity index (χ3v) is 3.85. The molecule has 0 atom stereocenters. The highest BCUT2D eigenvalue weighted by atomic mass is 16.3. The molecule has 1 aliphatic rings. The van der Waals surface area contributed by atoms with Crippen molar-refractivity contribution in [3.05, 3.63) is 47.9 Å². The van der Waals surface area contributed by atoms with Gasteiger partial charge in [-0.15, -0.1) is 0 Å². The number of aryl methyl sites for hydroxylation is 1. The first-order valence-electron chi connectivity index (χ1n) is 7.51. The summed E-state index contributed by atoms with van der Waals surface area (Å²) in [5, 5.41) is 3.44. The van der Waals surface area contributed by atoms with Crippen LogP contribution in [0.2, 0.25) is 0 Å². The number of hydrogen-bond donors (Lipinski definition) is 1. The van der Waals surface area contributed by atoms with Gasteiger partial charge < -0.3 is 14.6 Å². The van der Waals surface area contributed by atoms with Crippen LogP contribution in [0, 0.1) is 0 Å². The van der Waals surface area contributed by atoms with E-state index in [1.54, 1.807) is 0 Å².